The molecule has 142 valence electrons. The summed E-state index contributed by atoms with van der Waals surface area (Å²) in [6, 6.07) is 11.7. The zero-order valence-electron chi connectivity index (χ0n) is 15.7. The van der Waals surface area contributed by atoms with E-state index < -0.39 is 5.60 Å². The Hall–Kier alpha value is -2.02. The van der Waals surface area contributed by atoms with Crippen molar-refractivity contribution in [3.05, 3.63) is 64.6 Å². The SMILES string of the molecule is CCc1cc(C)c2c(ccn2SI)c1C(C)(O)c1nc2ccc(C#N)cc2[nH]1. The molecular formula is C21H19IN4OS. The van der Waals surface area contributed by atoms with Crippen LogP contribution < -0.4 is 0 Å². The van der Waals surface area contributed by atoms with Gasteiger partial charge in [-0.1, -0.05) is 13.0 Å². The van der Waals surface area contributed by atoms with Crippen LogP contribution in [0, 0.1) is 18.3 Å². The van der Waals surface area contributed by atoms with Crippen LogP contribution in [0.3, 0.4) is 0 Å². The highest BCUT2D eigenvalue weighted by molar-refractivity contribution is 14.2. The smallest absolute Gasteiger partial charge is 0.145 e. The van der Waals surface area contributed by atoms with Gasteiger partial charge in [-0.3, -0.25) is 3.97 Å². The van der Waals surface area contributed by atoms with Gasteiger partial charge in [0.05, 0.1) is 28.2 Å². The molecule has 0 amide bonds. The maximum absolute atomic E-state index is 11.7. The quantitative estimate of drug-likeness (QED) is 0.369. The highest BCUT2D eigenvalue weighted by Crippen LogP contribution is 2.40. The number of rotatable bonds is 4. The van der Waals surface area contributed by atoms with Crippen LogP contribution in [0.25, 0.3) is 21.9 Å². The Morgan fingerprint density at radius 2 is 2.14 bits per heavy atom. The van der Waals surface area contributed by atoms with Gasteiger partial charge >= 0.3 is 0 Å². The number of halogens is 1. The van der Waals surface area contributed by atoms with Gasteiger partial charge in [-0.2, -0.15) is 5.26 Å². The highest BCUT2D eigenvalue weighted by atomic mass is 127. The molecule has 0 fully saturated rings. The van der Waals surface area contributed by atoms with Crippen molar-refractivity contribution in [2.75, 3.05) is 0 Å². The van der Waals surface area contributed by atoms with Crippen molar-refractivity contribution in [3.63, 3.8) is 0 Å². The molecule has 4 aromatic rings. The number of aryl methyl sites for hydroxylation is 2. The minimum Gasteiger partial charge on any atom is -0.377 e. The molecule has 7 heteroatoms. The topological polar surface area (TPSA) is 77.6 Å². The van der Waals surface area contributed by atoms with E-state index >= 15 is 0 Å². The van der Waals surface area contributed by atoms with Crippen LogP contribution in [0.5, 0.6) is 0 Å². The summed E-state index contributed by atoms with van der Waals surface area (Å²) in [5.74, 6) is 0.479. The zero-order chi connectivity index (χ0) is 20.1. The van der Waals surface area contributed by atoms with Crippen molar-refractivity contribution < 1.29 is 5.11 Å². The molecule has 0 aliphatic carbocycles. The number of imidazole rings is 1. The summed E-state index contributed by atoms with van der Waals surface area (Å²) in [4.78, 5) is 7.87. The largest absolute Gasteiger partial charge is 0.377 e. The van der Waals surface area contributed by atoms with Gasteiger partial charge in [-0.25, -0.2) is 4.98 Å². The summed E-state index contributed by atoms with van der Waals surface area (Å²) in [7, 11) is 1.61. The molecule has 28 heavy (non-hydrogen) atoms. The van der Waals surface area contributed by atoms with Crippen molar-refractivity contribution in [2.24, 2.45) is 0 Å². The lowest BCUT2D eigenvalue weighted by Crippen LogP contribution is -2.26. The molecule has 0 spiro atoms. The van der Waals surface area contributed by atoms with Crippen molar-refractivity contribution in [1.29, 1.82) is 5.26 Å². The van der Waals surface area contributed by atoms with E-state index in [-0.39, 0.29) is 0 Å². The number of fused-ring (bicyclic) bond motifs is 2. The number of aliphatic hydroxyl groups is 1. The normalized spacial score (nSPS) is 13.7. The number of H-pyrrole nitrogens is 1. The number of hydrogen-bond acceptors (Lipinski definition) is 4. The molecule has 4 rings (SSSR count). The molecule has 1 atom stereocenters. The molecule has 2 aromatic carbocycles. The van der Waals surface area contributed by atoms with Gasteiger partial charge in [0.15, 0.2) is 0 Å². The second kappa shape index (κ2) is 7.10. The third-order valence-electron chi connectivity index (χ3n) is 5.22. The van der Waals surface area contributed by atoms with Gasteiger partial charge in [0.2, 0.25) is 0 Å². The number of nitriles is 1. The summed E-state index contributed by atoms with van der Waals surface area (Å²) < 4.78 is 2.11. The Kier molecular flexibility index (Phi) is 4.89. The van der Waals surface area contributed by atoms with E-state index in [1.807, 2.05) is 6.20 Å². The number of hydrogen-bond donors (Lipinski definition) is 2. The lowest BCUT2D eigenvalue weighted by molar-refractivity contribution is 0.0942. The van der Waals surface area contributed by atoms with Crippen molar-refractivity contribution in [2.45, 2.75) is 32.8 Å². The van der Waals surface area contributed by atoms with E-state index in [2.05, 4.69) is 67.2 Å². The van der Waals surface area contributed by atoms with E-state index in [1.165, 1.54) is 5.56 Å². The van der Waals surface area contributed by atoms with Crippen LogP contribution in [-0.4, -0.2) is 19.0 Å². The van der Waals surface area contributed by atoms with Gasteiger partial charge < -0.3 is 10.1 Å². The lowest BCUT2D eigenvalue weighted by Gasteiger charge is -2.26. The fraction of sp³-hybridized carbons (Fsp3) is 0.238. The van der Waals surface area contributed by atoms with Crippen LogP contribution in [0.15, 0.2) is 36.5 Å². The third-order valence-corrected chi connectivity index (χ3v) is 6.95. The van der Waals surface area contributed by atoms with E-state index in [1.54, 1.807) is 34.2 Å². The van der Waals surface area contributed by atoms with Crippen LogP contribution in [0.1, 0.15) is 41.9 Å². The van der Waals surface area contributed by atoms with E-state index in [9.17, 15) is 5.11 Å². The molecule has 0 saturated carbocycles. The molecule has 2 aromatic heterocycles. The number of nitrogens with zero attached hydrogens (tertiary/aromatic N) is 3. The summed E-state index contributed by atoms with van der Waals surface area (Å²) >= 11 is 2.27. The Balaban J connectivity index is 1.99. The molecule has 2 heterocycles. The summed E-state index contributed by atoms with van der Waals surface area (Å²) in [6.45, 7) is 5.99. The zero-order valence-corrected chi connectivity index (χ0v) is 18.7. The minimum absolute atomic E-state index is 0.479. The molecule has 0 radical (unpaired) electrons. The number of aromatic nitrogens is 3. The monoisotopic (exact) mass is 502 g/mol. The molecule has 1 unspecified atom stereocenters. The van der Waals surface area contributed by atoms with Crippen LogP contribution in [0.4, 0.5) is 0 Å². The maximum atomic E-state index is 11.7. The first-order chi connectivity index (χ1) is 13.4. The lowest BCUT2D eigenvalue weighted by atomic mass is 9.85. The Labute approximate surface area is 179 Å². The van der Waals surface area contributed by atoms with Gasteiger partial charge in [-0.05, 0) is 55.7 Å². The first-order valence-corrected chi connectivity index (χ1v) is 12.3. The fourth-order valence-electron chi connectivity index (χ4n) is 3.92. The van der Waals surface area contributed by atoms with Gasteiger partial charge in [0, 0.05) is 47.5 Å². The predicted octanol–water partition coefficient (Wildman–Crippen LogP) is 5.36. The second-order valence-corrected chi connectivity index (χ2v) is 8.77. The summed E-state index contributed by atoms with van der Waals surface area (Å²) in [6.07, 6.45) is 2.84. The van der Waals surface area contributed by atoms with Crippen LogP contribution in [0.2, 0.25) is 0 Å². The number of nitrogens with one attached hydrogen (secondary N) is 1. The highest BCUT2D eigenvalue weighted by Gasteiger charge is 2.34. The molecule has 0 aliphatic rings. The molecular weight excluding hydrogens is 483 g/mol. The van der Waals surface area contributed by atoms with Crippen molar-refractivity contribution >= 4 is 52.3 Å². The second-order valence-electron chi connectivity index (χ2n) is 7.06. The van der Waals surface area contributed by atoms with Crippen LogP contribution >= 0.6 is 30.3 Å². The fourth-order valence-corrected chi connectivity index (χ4v) is 5.32. The minimum atomic E-state index is -1.30. The molecule has 5 nitrogen and oxygen atoms in total. The maximum Gasteiger partial charge on any atom is 0.145 e. The standard InChI is InChI=1S/C21H19IN4OS/c1-4-14-9-12(2)19-15(7-8-26(19)28-22)18(14)21(3,27)20-24-16-6-5-13(11-23)10-17(16)25-20/h5-10,27H,4H2,1-3H3,(H,24,25). The molecule has 0 saturated heterocycles. The predicted molar refractivity (Wildman–Crippen MR) is 123 cm³/mol. The third kappa shape index (κ3) is 2.91. The Bertz CT molecular complexity index is 1250. The molecule has 0 bridgehead atoms. The first-order valence-electron chi connectivity index (χ1n) is 8.96. The number of aromatic amines is 1. The van der Waals surface area contributed by atoms with Crippen molar-refractivity contribution in [1.82, 2.24) is 13.9 Å². The Morgan fingerprint density at radius 1 is 1.36 bits per heavy atom. The van der Waals surface area contributed by atoms with Gasteiger partial charge in [0.1, 0.15) is 11.4 Å². The first kappa shape index (κ1) is 19.3. The molecule has 2 N–H and O–H groups in total. The van der Waals surface area contributed by atoms with E-state index in [0.29, 0.717) is 11.4 Å². The van der Waals surface area contributed by atoms with Gasteiger partial charge in [0.25, 0.3) is 0 Å². The van der Waals surface area contributed by atoms with E-state index in [4.69, 9.17) is 5.26 Å². The van der Waals surface area contributed by atoms with E-state index in [0.717, 1.165) is 39.5 Å². The average Bonchev–Trinajstić information content (AvgIpc) is 3.31. The van der Waals surface area contributed by atoms with Crippen molar-refractivity contribution in [3.8, 4) is 6.07 Å². The van der Waals surface area contributed by atoms with Crippen LogP contribution in [-0.2, 0) is 12.0 Å². The average molecular weight is 502 g/mol. The summed E-state index contributed by atoms with van der Waals surface area (Å²) in [5, 5.41) is 21.9. The molecule has 0 aliphatic heterocycles. The number of benzene rings is 2. The van der Waals surface area contributed by atoms with Gasteiger partial charge in [-0.15, -0.1) is 0 Å². The Morgan fingerprint density at radius 3 is 2.82 bits per heavy atom. The summed E-state index contributed by atoms with van der Waals surface area (Å²) in [5.41, 5.74) is 5.01.